The Morgan fingerprint density at radius 3 is 2.57 bits per heavy atom. The molecular formula is C18H20N2O. The summed E-state index contributed by atoms with van der Waals surface area (Å²) < 4.78 is 0. The molecule has 0 radical (unpaired) electrons. The quantitative estimate of drug-likeness (QED) is 0.908. The first kappa shape index (κ1) is 13.8. The van der Waals surface area contributed by atoms with Gasteiger partial charge in [0.25, 0.3) is 0 Å². The van der Waals surface area contributed by atoms with Crippen LogP contribution in [-0.4, -0.2) is 5.91 Å². The SMILES string of the molecule is CC(N)(C(=O)NC1CCc2ccccc21)c1ccccc1. The number of nitrogens with one attached hydrogen (secondary N) is 1. The molecule has 2 aromatic rings. The Balaban J connectivity index is 1.79. The maximum Gasteiger partial charge on any atom is 0.244 e. The van der Waals surface area contributed by atoms with E-state index in [1.807, 2.05) is 42.5 Å². The molecule has 0 spiro atoms. The third-order valence-corrected chi connectivity index (χ3v) is 4.28. The molecule has 0 bridgehead atoms. The first-order chi connectivity index (χ1) is 10.1. The summed E-state index contributed by atoms with van der Waals surface area (Å²) in [6.45, 7) is 1.76. The maximum atomic E-state index is 12.6. The summed E-state index contributed by atoms with van der Waals surface area (Å²) in [6.07, 6.45) is 1.95. The fourth-order valence-corrected chi connectivity index (χ4v) is 2.93. The summed E-state index contributed by atoms with van der Waals surface area (Å²) in [5, 5.41) is 3.11. The van der Waals surface area contributed by atoms with E-state index < -0.39 is 5.54 Å². The summed E-state index contributed by atoms with van der Waals surface area (Å²) in [7, 11) is 0. The average molecular weight is 280 g/mol. The van der Waals surface area contributed by atoms with Gasteiger partial charge in [-0.05, 0) is 36.5 Å². The summed E-state index contributed by atoms with van der Waals surface area (Å²) >= 11 is 0. The summed E-state index contributed by atoms with van der Waals surface area (Å²) in [6, 6.07) is 17.8. The lowest BCUT2D eigenvalue weighted by Gasteiger charge is -2.26. The van der Waals surface area contributed by atoms with Gasteiger partial charge in [0, 0.05) is 0 Å². The van der Waals surface area contributed by atoms with Crippen LogP contribution in [0.3, 0.4) is 0 Å². The molecule has 2 atom stereocenters. The molecule has 3 N–H and O–H groups in total. The average Bonchev–Trinajstić information content (AvgIpc) is 2.91. The summed E-state index contributed by atoms with van der Waals surface area (Å²) in [5.41, 5.74) is 8.62. The van der Waals surface area contributed by atoms with Crippen molar-refractivity contribution < 1.29 is 4.79 Å². The first-order valence-electron chi connectivity index (χ1n) is 7.32. The minimum atomic E-state index is -1.02. The number of rotatable bonds is 3. The van der Waals surface area contributed by atoms with Crippen molar-refractivity contribution in [2.75, 3.05) is 0 Å². The number of amides is 1. The van der Waals surface area contributed by atoms with Crippen LogP contribution in [0, 0.1) is 0 Å². The number of aryl methyl sites for hydroxylation is 1. The van der Waals surface area contributed by atoms with Gasteiger partial charge in [-0.25, -0.2) is 0 Å². The van der Waals surface area contributed by atoms with E-state index in [0.29, 0.717) is 0 Å². The molecule has 1 aliphatic rings. The van der Waals surface area contributed by atoms with E-state index in [1.165, 1.54) is 11.1 Å². The standard InChI is InChI=1S/C18H20N2O/c1-18(19,14-8-3-2-4-9-14)17(21)20-16-12-11-13-7-5-6-10-15(13)16/h2-10,16H,11-12,19H2,1H3,(H,20,21). The molecule has 0 saturated carbocycles. The van der Waals surface area contributed by atoms with Crippen LogP contribution in [0.5, 0.6) is 0 Å². The van der Waals surface area contributed by atoms with Crippen molar-refractivity contribution in [3.63, 3.8) is 0 Å². The molecular weight excluding hydrogens is 260 g/mol. The second kappa shape index (κ2) is 5.34. The lowest BCUT2D eigenvalue weighted by molar-refractivity contribution is -0.126. The molecule has 21 heavy (non-hydrogen) atoms. The topological polar surface area (TPSA) is 55.1 Å². The Kier molecular flexibility index (Phi) is 3.52. The molecule has 0 fully saturated rings. The van der Waals surface area contributed by atoms with Gasteiger partial charge >= 0.3 is 0 Å². The molecule has 0 aromatic heterocycles. The van der Waals surface area contributed by atoms with Gasteiger partial charge in [0.05, 0.1) is 6.04 Å². The van der Waals surface area contributed by atoms with Crippen LogP contribution in [0.4, 0.5) is 0 Å². The van der Waals surface area contributed by atoms with Gasteiger partial charge in [0.15, 0.2) is 0 Å². The van der Waals surface area contributed by atoms with E-state index >= 15 is 0 Å². The number of hydrogen-bond donors (Lipinski definition) is 2. The van der Waals surface area contributed by atoms with Crippen LogP contribution in [0.1, 0.15) is 36.1 Å². The minimum Gasteiger partial charge on any atom is -0.347 e. The van der Waals surface area contributed by atoms with Gasteiger partial charge in [-0.1, -0.05) is 54.6 Å². The Hall–Kier alpha value is -2.13. The number of carbonyl (C=O) groups is 1. The highest BCUT2D eigenvalue weighted by atomic mass is 16.2. The van der Waals surface area contributed by atoms with E-state index in [0.717, 1.165) is 18.4 Å². The summed E-state index contributed by atoms with van der Waals surface area (Å²) in [5.74, 6) is -0.129. The Morgan fingerprint density at radius 1 is 1.14 bits per heavy atom. The lowest BCUT2D eigenvalue weighted by Crippen LogP contribution is -2.49. The molecule has 2 aromatic carbocycles. The van der Waals surface area contributed by atoms with Crippen molar-refractivity contribution in [2.45, 2.75) is 31.3 Å². The second-order valence-corrected chi connectivity index (χ2v) is 5.83. The van der Waals surface area contributed by atoms with E-state index in [1.54, 1.807) is 6.92 Å². The Bertz CT molecular complexity index is 649. The molecule has 1 aliphatic carbocycles. The van der Waals surface area contributed by atoms with Gasteiger partial charge in [-0.15, -0.1) is 0 Å². The largest absolute Gasteiger partial charge is 0.347 e. The maximum absolute atomic E-state index is 12.6. The summed E-state index contributed by atoms with van der Waals surface area (Å²) in [4.78, 5) is 12.6. The monoisotopic (exact) mass is 280 g/mol. The number of hydrogen-bond acceptors (Lipinski definition) is 2. The van der Waals surface area contributed by atoms with E-state index in [-0.39, 0.29) is 11.9 Å². The highest BCUT2D eigenvalue weighted by Crippen LogP contribution is 2.31. The predicted octanol–water partition coefficient (Wildman–Crippen LogP) is 2.66. The molecule has 3 heteroatoms. The van der Waals surface area contributed by atoms with Crippen LogP contribution >= 0.6 is 0 Å². The molecule has 108 valence electrons. The fraction of sp³-hybridized carbons (Fsp3) is 0.278. The van der Waals surface area contributed by atoms with Gasteiger partial charge < -0.3 is 11.1 Å². The van der Waals surface area contributed by atoms with E-state index in [2.05, 4.69) is 17.4 Å². The number of fused-ring (bicyclic) bond motifs is 1. The van der Waals surface area contributed by atoms with Crippen molar-refractivity contribution in [1.82, 2.24) is 5.32 Å². The molecule has 0 heterocycles. The number of nitrogens with two attached hydrogens (primary N) is 1. The van der Waals surface area contributed by atoms with Crippen molar-refractivity contribution in [1.29, 1.82) is 0 Å². The van der Waals surface area contributed by atoms with Crippen LogP contribution in [0.25, 0.3) is 0 Å². The smallest absolute Gasteiger partial charge is 0.244 e. The highest BCUT2D eigenvalue weighted by Gasteiger charge is 2.33. The Labute approximate surface area is 125 Å². The van der Waals surface area contributed by atoms with Crippen molar-refractivity contribution in [3.05, 3.63) is 71.3 Å². The van der Waals surface area contributed by atoms with Gasteiger partial charge in [0.1, 0.15) is 5.54 Å². The third kappa shape index (κ3) is 2.57. The lowest BCUT2D eigenvalue weighted by atomic mass is 9.91. The fourth-order valence-electron chi connectivity index (χ4n) is 2.93. The van der Waals surface area contributed by atoms with Crippen molar-refractivity contribution >= 4 is 5.91 Å². The molecule has 0 saturated heterocycles. The zero-order valence-electron chi connectivity index (χ0n) is 12.2. The zero-order chi connectivity index (χ0) is 14.9. The van der Waals surface area contributed by atoms with Crippen LogP contribution < -0.4 is 11.1 Å². The molecule has 1 amide bonds. The van der Waals surface area contributed by atoms with Gasteiger partial charge in [0.2, 0.25) is 5.91 Å². The molecule has 3 nitrogen and oxygen atoms in total. The Morgan fingerprint density at radius 2 is 1.81 bits per heavy atom. The predicted molar refractivity (Wildman–Crippen MR) is 83.6 cm³/mol. The van der Waals surface area contributed by atoms with Crippen LogP contribution in [-0.2, 0) is 16.8 Å². The minimum absolute atomic E-state index is 0.0697. The highest BCUT2D eigenvalue weighted by molar-refractivity contribution is 5.87. The van der Waals surface area contributed by atoms with Gasteiger partial charge in [-0.3, -0.25) is 4.79 Å². The third-order valence-electron chi connectivity index (χ3n) is 4.28. The van der Waals surface area contributed by atoms with E-state index in [9.17, 15) is 4.79 Å². The van der Waals surface area contributed by atoms with Crippen LogP contribution in [0.2, 0.25) is 0 Å². The number of benzene rings is 2. The molecule has 0 aliphatic heterocycles. The van der Waals surface area contributed by atoms with Crippen molar-refractivity contribution in [3.8, 4) is 0 Å². The van der Waals surface area contributed by atoms with Crippen LogP contribution in [0.15, 0.2) is 54.6 Å². The molecule has 3 rings (SSSR count). The molecule has 2 unspecified atom stereocenters. The van der Waals surface area contributed by atoms with E-state index in [4.69, 9.17) is 5.73 Å². The second-order valence-electron chi connectivity index (χ2n) is 5.83. The van der Waals surface area contributed by atoms with Crippen molar-refractivity contribution in [2.24, 2.45) is 5.73 Å². The zero-order valence-corrected chi connectivity index (χ0v) is 12.2. The normalized spacial score (nSPS) is 19.6. The first-order valence-corrected chi connectivity index (χ1v) is 7.32. The van der Waals surface area contributed by atoms with Gasteiger partial charge in [-0.2, -0.15) is 0 Å². The number of carbonyl (C=O) groups excluding carboxylic acids is 1.